The Balaban J connectivity index is 1.73. The zero-order valence-electron chi connectivity index (χ0n) is 10.3. The van der Waals surface area contributed by atoms with Crippen molar-refractivity contribution in [3.8, 4) is 0 Å². The summed E-state index contributed by atoms with van der Waals surface area (Å²) in [6.07, 6.45) is 6.39. The Hall–Kier alpha value is -0.570. The van der Waals surface area contributed by atoms with Crippen molar-refractivity contribution in [1.82, 2.24) is 10.2 Å². The Morgan fingerprint density at radius 2 is 2.12 bits per heavy atom. The van der Waals surface area contributed by atoms with Crippen LogP contribution in [0.15, 0.2) is 0 Å². The lowest BCUT2D eigenvalue weighted by atomic mass is 9.85. The highest BCUT2D eigenvalue weighted by Crippen LogP contribution is 2.44. The molecule has 0 aromatic heterocycles. The van der Waals surface area contributed by atoms with Crippen LogP contribution in [-0.4, -0.2) is 29.1 Å². The maximum atomic E-state index is 12.3. The lowest BCUT2D eigenvalue weighted by molar-refractivity contribution is -0.132. The van der Waals surface area contributed by atoms with Crippen LogP contribution in [0.5, 0.6) is 0 Å². The van der Waals surface area contributed by atoms with Gasteiger partial charge in [-0.25, -0.2) is 0 Å². The second-order valence-electron chi connectivity index (χ2n) is 6.17. The fourth-order valence-corrected chi connectivity index (χ4v) is 2.98. The monoisotopic (exact) mass is 222 g/mol. The van der Waals surface area contributed by atoms with Crippen LogP contribution in [-0.2, 0) is 4.79 Å². The normalized spacial score (nSPS) is 32.6. The molecule has 16 heavy (non-hydrogen) atoms. The van der Waals surface area contributed by atoms with Crippen molar-refractivity contribution in [3.63, 3.8) is 0 Å². The average Bonchev–Trinajstić information content (AvgIpc) is 2.88. The van der Waals surface area contributed by atoms with Gasteiger partial charge in [0.05, 0.1) is 11.7 Å². The molecule has 1 amide bonds. The summed E-state index contributed by atoms with van der Waals surface area (Å²) in [5.41, 5.74) is -0.126. The van der Waals surface area contributed by atoms with Crippen LogP contribution in [0.25, 0.3) is 0 Å². The van der Waals surface area contributed by atoms with Gasteiger partial charge in [0.2, 0.25) is 5.91 Å². The van der Waals surface area contributed by atoms with E-state index in [1.807, 2.05) is 0 Å². The highest BCUT2D eigenvalue weighted by Gasteiger charge is 2.59. The van der Waals surface area contributed by atoms with E-state index >= 15 is 0 Å². The quantitative estimate of drug-likeness (QED) is 0.789. The molecule has 0 radical (unpaired) electrons. The SMILES string of the molecule is CC(C)C1NC2(CC2)C(=O)N1CC1CCC1. The molecule has 1 heterocycles. The van der Waals surface area contributed by atoms with E-state index in [1.54, 1.807) is 0 Å². The first-order valence-electron chi connectivity index (χ1n) is 6.71. The van der Waals surface area contributed by atoms with Gasteiger partial charge in [0.1, 0.15) is 0 Å². The van der Waals surface area contributed by atoms with Gasteiger partial charge < -0.3 is 4.90 Å². The lowest BCUT2D eigenvalue weighted by Gasteiger charge is -2.34. The van der Waals surface area contributed by atoms with E-state index in [9.17, 15) is 4.79 Å². The summed E-state index contributed by atoms with van der Waals surface area (Å²) in [6.45, 7) is 5.41. The Kier molecular flexibility index (Phi) is 2.29. The molecular formula is C13H22N2O. The van der Waals surface area contributed by atoms with Crippen molar-refractivity contribution < 1.29 is 4.79 Å². The molecule has 3 rings (SSSR count). The van der Waals surface area contributed by atoms with Gasteiger partial charge >= 0.3 is 0 Å². The average molecular weight is 222 g/mol. The number of carbonyl (C=O) groups excluding carboxylic acids is 1. The predicted octanol–water partition coefficient (Wildman–Crippen LogP) is 1.73. The lowest BCUT2D eigenvalue weighted by Crippen LogP contribution is -2.44. The molecule has 2 saturated carbocycles. The molecule has 1 spiro atoms. The highest BCUT2D eigenvalue weighted by atomic mass is 16.2. The van der Waals surface area contributed by atoms with Crippen LogP contribution < -0.4 is 5.32 Å². The van der Waals surface area contributed by atoms with E-state index in [0.29, 0.717) is 11.8 Å². The molecule has 90 valence electrons. The second-order valence-corrected chi connectivity index (χ2v) is 6.17. The Morgan fingerprint density at radius 3 is 2.56 bits per heavy atom. The van der Waals surface area contributed by atoms with Crippen molar-refractivity contribution in [2.75, 3.05) is 6.54 Å². The van der Waals surface area contributed by atoms with E-state index in [-0.39, 0.29) is 11.7 Å². The van der Waals surface area contributed by atoms with E-state index in [4.69, 9.17) is 0 Å². The summed E-state index contributed by atoms with van der Waals surface area (Å²) in [7, 11) is 0. The molecule has 3 nitrogen and oxygen atoms in total. The molecular weight excluding hydrogens is 200 g/mol. The third-order valence-electron chi connectivity index (χ3n) is 4.49. The summed E-state index contributed by atoms with van der Waals surface area (Å²) in [5, 5.41) is 3.57. The number of hydrogen-bond acceptors (Lipinski definition) is 2. The van der Waals surface area contributed by atoms with Crippen LogP contribution >= 0.6 is 0 Å². The number of nitrogens with zero attached hydrogens (tertiary/aromatic N) is 1. The van der Waals surface area contributed by atoms with Crippen LogP contribution in [0, 0.1) is 11.8 Å². The second kappa shape index (κ2) is 3.46. The molecule has 3 fully saturated rings. The first kappa shape index (κ1) is 10.6. The number of rotatable bonds is 3. The topological polar surface area (TPSA) is 32.3 Å². The number of hydrogen-bond donors (Lipinski definition) is 1. The van der Waals surface area contributed by atoms with Gasteiger partial charge in [-0.1, -0.05) is 20.3 Å². The van der Waals surface area contributed by atoms with Crippen LogP contribution in [0.4, 0.5) is 0 Å². The third kappa shape index (κ3) is 1.48. The van der Waals surface area contributed by atoms with Crippen molar-refractivity contribution in [2.24, 2.45) is 11.8 Å². The molecule has 1 aliphatic heterocycles. The summed E-state index contributed by atoms with van der Waals surface area (Å²) < 4.78 is 0. The number of carbonyl (C=O) groups is 1. The molecule has 0 aromatic rings. The van der Waals surface area contributed by atoms with E-state index in [0.717, 1.165) is 25.3 Å². The minimum Gasteiger partial charge on any atom is -0.325 e. The van der Waals surface area contributed by atoms with Crippen molar-refractivity contribution in [3.05, 3.63) is 0 Å². The summed E-state index contributed by atoms with van der Waals surface area (Å²) >= 11 is 0. The number of amides is 1. The molecule has 1 saturated heterocycles. The van der Waals surface area contributed by atoms with Crippen LogP contribution in [0.1, 0.15) is 46.0 Å². The van der Waals surface area contributed by atoms with Crippen LogP contribution in [0.2, 0.25) is 0 Å². The molecule has 0 aromatic carbocycles. The molecule has 3 heteroatoms. The minimum absolute atomic E-state index is 0.126. The van der Waals surface area contributed by atoms with E-state index < -0.39 is 0 Å². The molecule has 1 atom stereocenters. The summed E-state index contributed by atoms with van der Waals surface area (Å²) in [6, 6.07) is 0. The van der Waals surface area contributed by atoms with Crippen molar-refractivity contribution in [1.29, 1.82) is 0 Å². The first-order valence-corrected chi connectivity index (χ1v) is 6.71. The van der Waals surface area contributed by atoms with Crippen molar-refractivity contribution >= 4 is 5.91 Å². The summed E-state index contributed by atoms with van der Waals surface area (Å²) in [4.78, 5) is 14.5. The zero-order valence-corrected chi connectivity index (χ0v) is 10.3. The molecule has 3 aliphatic rings. The van der Waals surface area contributed by atoms with Crippen LogP contribution in [0.3, 0.4) is 0 Å². The minimum atomic E-state index is -0.126. The van der Waals surface area contributed by atoms with Gasteiger partial charge in [-0.05, 0) is 37.5 Å². The van der Waals surface area contributed by atoms with Crippen molar-refractivity contribution in [2.45, 2.75) is 57.7 Å². The fourth-order valence-electron chi connectivity index (χ4n) is 2.98. The number of nitrogens with one attached hydrogen (secondary N) is 1. The maximum absolute atomic E-state index is 12.3. The van der Waals surface area contributed by atoms with Gasteiger partial charge in [0.25, 0.3) is 0 Å². The van der Waals surface area contributed by atoms with Gasteiger partial charge in [-0.3, -0.25) is 10.1 Å². The van der Waals surface area contributed by atoms with E-state index in [1.165, 1.54) is 19.3 Å². The van der Waals surface area contributed by atoms with E-state index in [2.05, 4.69) is 24.1 Å². The van der Waals surface area contributed by atoms with Gasteiger partial charge in [-0.15, -0.1) is 0 Å². The predicted molar refractivity (Wildman–Crippen MR) is 62.8 cm³/mol. The largest absolute Gasteiger partial charge is 0.325 e. The van der Waals surface area contributed by atoms with Gasteiger partial charge in [-0.2, -0.15) is 0 Å². The Morgan fingerprint density at radius 1 is 1.44 bits per heavy atom. The van der Waals surface area contributed by atoms with Gasteiger partial charge in [0, 0.05) is 6.54 Å². The summed E-state index contributed by atoms with van der Waals surface area (Å²) in [5.74, 6) is 1.68. The molecule has 1 unspecified atom stereocenters. The van der Waals surface area contributed by atoms with Gasteiger partial charge in [0.15, 0.2) is 0 Å². The Labute approximate surface area is 97.6 Å². The molecule has 1 N–H and O–H groups in total. The third-order valence-corrected chi connectivity index (χ3v) is 4.49. The first-order chi connectivity index (χ1) is 7.62. The molecule has 0 bridgehead atoms. The highest BCUT2D eigenvalue weighted by molar-refractivity contribution is 5.91. The zero-order chi connectivity index (χ0) is 11.3. The Bertz CT molecular complexity index is 305. The standard InChI is InChI=1S/C13H22N2O/c1-9(2)11-14-13(6-7-13)12(16)15(11)8-10-4-3-5-10/h9-11,14H,3-8H2,1-2H3. The molecule has 2 aliphatic carbocycles. The maximum Gasteiger partial charge on any atom is 0.244 e. The smallest absolute Gasteiger partial charge is 0.244 e. The fraction of sp³-hybridized carbons (Fsp3) is 0.923.